The normalized spacial score (nSPS) is 15.0. The first-order valence-corrected chi connectivity index (χ1v) is 7.27. The van der Waals surface area contributed by atoms with Gasteiger partial charge in [0.25, 0.3) is 0 Å². The number of nitrogens with one attached hydrogen (secondary N) is 1. The van der Waals surface area contributed by atoms with Gasteiger partial charge >= 0.3 is 0 Å². The molecule has 1 atom stereocenters. The van der Waals surface area contributed by atoms with Crippen LogP contribution >= 0.6 is 11.6 Å². The van der Waals surface area contributed by atoms with Gasteiger partial charge < -0.3 is 19.5 Å². The smallest absolute Gasteiger partial charge is 0.162 e. The topological polar surface area (TPSA) is 52.6 Å². The van der Waals surface area contributed by atoms with E-state index in [4.69, 9.17) is 25.8 Å². The van der Waals surface area contributed by atoms with E-state index in [2.05, 4.69) is 10.3 Å². The SMILES string of the molecule is COCC(Cl)CNc1nccc2cc3c(cc12)OCCO3. The predicted octanol–water partition coefficient (Wildman–Crippen LogP) is 2.67. The zero-order valence-electron chi connectivity index (χ0n) is 11.8. The van der Waals surface area contributed by atoms with Crippen molar-refractivity contribution in [2.24, 2.45) is 0 Å². The largest absolute Gasteiger partial charge is 0.486 e. The second kappa shape index (κ2) is 6.37. The average Bonchev–Trinajstić information content (AvgIpc) is 2.51. The molecule has 1 aliphatic heterocycles. The van der Waals surface area contributed by atoms with Gasteiger partial charge in [-0.3, -0.25) is 0 Å². The van der Waals surface area contributed by atoms with Crippen molar-refractivity contribution >= 4 is 28.2 Å². The minimum Gasteiger partial charge on any atom is -0.486 e. The summed E-state index contributed by atoms with van der Waals surface area (Å²) in [5.41, 5.74) is 0. The van der Waals surface area contributed by atoms with Gasteiger partial charge in [0.1, 0.15) is 19.0 Å². The number of pyridine rings is 1. The molecule has 0 amide bonds. The molecule has 1 aromatic carbocycles. The first-order valence-electron chi connectivity index (χ1n) is 6.83. The Hall–Kier alpha value is -1.72. The third-order valence-electron chi connectivity index (χ3n) is 3.27. The summed E-state index contributed by atoms with van der Waals surface area (Å²) in [4.78, 5) is 4.38. The van der Waals surface area contributed by atoms with Crippen LogP contribution in [-0.4, -0.2) is 43.8 Å². The van der Waals surface area contributed by atoms with Crippen LogP contribution in [0, 0.1) is 0 Å². The molecule has 5 nitrogen and oxygen atoms in total. The Labute approximate surface area is 128 Å². The molecule has 21 heavy (non-hydrogen) atoms. The van der Waals surface area contributed by atoms with Crippen molar-refractivity contribution in [1.29, 1.82) is 0 Å². The van der Waals surface area contributed by atoms with Crippen LogP contribution in [0.15, 0.2) is 24.4 Å². The molecule has 0 bridgehead atoms. The summed E-state index contributed by atoms with van der Waals surface area (Å²) in [6.45, 7) is 2.22. The molecule has 1 unspecified atom stereocenters. The fourth-order valence-corrected chi connectivity index (χ4v) is 2.50. The fourth-order valence-electron chi connectivity index (χ4n) is 2.30. The Morgan fingerprint density at radius 1 is 1.33 bits per heavy atom. The van der Waals surface area contributed by atoms with E-state index in [-0.39, 0.29) is 5.38 Å². The lowest BCUT2D eigenvalue weighted by atomic mass is 10.1. The predicted molar refractivity (Wildman–Crippen MR) is 82.7 cm³/mol. The van der Waals surface area contributed by atoms with Crippen molar-refractivity contribution < 1.29 is 14.2 Å². The van der Waals surface area contributed by atoms with Gasteiger partial charge in [-0.25, -0.2) is 4.98 Å². The maximum absolute atomic E-state index is 6.14. The number of rotatable bonds is 5. The molecule has 0 aliphatic carbocycles. The van der Waals surface area contributed by atoms with Crippen LogP contribution in [0.3, 0.4) is 0 Å². The second-order valence-electron chi connectivity index (χ2n) is 4.81. The number of ether oxygens (including phenoxy) is 3. The molecule has 0 saturated carbocycles. The second-order valence-corrected chi connectivity index (χ2v) is 5.43. The van der Waals surface area contributed by atoms with Crippen LogP contribution in [0.25, 0.3) is 10.8 Å². The van der Waals surface area contributed by atoms with Gasteiger partial charge in [-0.2, -0.15) is 0 Å². The van der Waals surface area contributed by atoms with Gasteiger partial charge in [-0.1, -0.05) is 0 Å². The van der Waals surface area contributed by atoms with Gasteiger partial charge in [0.2, 0.25) is 0 Å². The Bertz CT molecular complexity index is 636. The van der Waals surface area contributed by atoms with E-state index in [1.54, 1.807) is 13.3 Å². The standard InChI is InChI=1S/C15H17ClN2O3/c1-19-9-11(16)8-18-15-12-7-14-13(20-4-5-21-14)6-10(12)2-3-17-15/h2-3,6-7,11H,4-5,8-9H2,1H3,(H,17,18). The van der Waals surface area contributed by atoms with Crippen LogP contribution in [0.4, 0.5) is 5.82 Å². The molecule has 1 aliphatic rings. The van der Waals surface area contributed by atoms with Gasteiger partial charge in [0.05, 0.1) is 12.0 Å². The Morgan fingerprint density at radius 3 is 2.86 bits per heavy atom. The van der Waals surface area contributed by atoms with E-state index < -0.39 is 0 Å². The van der Waals surface area contributed by atoms with Crippen molar-refractivity contribution in [2.45, 2.75) is 5.38 Å². The summed E-state index contributed by atoms with van der Waals surface area (Å²) in [6.07, 6.45) is 1.76. The van der Waals surface area contributed by atoms with Gasteiger partial charge in [-0.15, -0.1) is 11.6 Å². The average molecular weight is 309 g/mol. The quantitative estimate of drug-likeness (QED) is 0.861. The lowest BCUT2D eigenvalue weighted by Crippen LogP contribution is -2.19. The third kappa shape index (κ3) is 3.14. The van der Waals surface area contributed by atoms with Crippen LogP contribution in [0.5, 0.6) is 11.5 Å². The van der Waals surface area contributed by atoms with Gasteiger partial charge in [-0.05, 0) is 23.6 Å². The summed E-state index contributed by atoms with van der Waals surface area (Å²) in [5.74, 6) is 2.32. The van der Waals surface area contributed by atoms with Crippen LogP contribution in [-0.2, 0) is 4.74 Å². The minimum atomic E-state index is -0.107. The molecule has 0 fully saturated rings. The first kappa shape index (κ1) is 14.2. The number of halogens is 1. The molecule has 0 radical (unpaired) electrons. The van der Waals surface area contributed by atoms with E-state index >= 15 is 0 Å². The number of methoxy groups -OCH3 is 1. The van der Waals surface area contributed by atoms with Crippen LogP contribution < -0.4 is 14.8 Å². The highest BCUT2D eigenvalue weighted by molar-refractivity contribution is 6.21. The highest BCUT2D eigenvalue weighted by atomic mass is 35.5. The maximum atomic E-state index is 6.14. The highest BCUT2D eigenvalue weighted by Gasteiger charge is 2.15. The summed E-state index contributed by atoms with van der Waals surface area (Å²) in [7, 11) is 1.63. The molecule has 1 N–H and O–H groups in total. The van der Waals surface area contributed by atoms with E-state index in [0.29, 0.717) is 26.4 Å². The number of hydrogen-bond acceptors (Lipinski definition) is 5. The fraction of sp³-hybridized carbons (Fsp3) is 0.400. The molecule has 0 spiro atoms. The number of fused-ring (bicyclic) bond motifs is 2. The Kier molecular flexibility index (Phi) is 4.31. The van der Waals surface area contributed by atoms with Crippen molar-refractivity contribution in [3.05, 3.63) is 24.4 Å². The summed E-state index contributed by atoms with van der Waals surface area (Å²) in [6, 6.07) is 5.88. The number of hydrogen-bond donors (Lipinski definition) is 1. The number of alkyl halides is 1. The molecule has 2 heterocycles. The molecule has 2 aromatic rings. The van der Waals surface area contributed by atoms with Crippen LogP contribution in [0.2, 0.25) is 0 Å². The zero-order valence-corrected chi connectivity index (χ0v) is 12.5. The molecule has 1 aromatic heterocycles. The molecule has 6 heteroatoms. The van der Waals surface area contributed by atoms with E-state index in [1.165, 1.54) is 0 Å². The van der Waals surface area contributed by atoms with Gasteiger partial charge in [0, 0.05) is 25.2 Å². The van der Waals surface area contributed by atoms with E-state index in [0.717, 1.165) is 28.1 Å². The Morgan fingerprint density at radius 2 is 2.10 bits per heavy atom. The monoisotopic (exact) mass is 308 g/mol. The zero-order chi connectivity index (χ0) is 14.7. The molecular weight excluding hydrogens is 292 g/mol. The summed E-state index contributed by atoms with van der Waals surface area (Å²) in [5, 5.41) is 5.19. The van der Waals surface area contributed by atoms with Gasteiger partial charge in [0.15, 0.2) is 11.5 Å². The maximum Gasteiger partial charge on any atom is 0.162 e. The van der Waals surface area contributed by atoms with Crippen molar-refractivity contribution in [2.75, 3.05) is 38.8 Å². The third-order valence-corrected chi connectivity index (χ3v) is 3.55. The van der Waals surface area contributed by atoms with E-state index in [1.807, 2.05) is 18.2 Å². The highest BCUT2D eigenvalue weighted by Crippen LogP contribution is 2.36. The van der Waals surface area contributed by atoms with Crippen molar-refractivity contribution in [1.82, 2.24) is 4.98 Å². The molecular formula is C15H17ClN2O3. The van der Waals surface area contributed by atoms with Crippen molar-refractivity contribution in [3.63, 3.8) is 0 Å². The lowest BCUT2D eigenvalue weighted by molar-refractivity contribution is 0.172. The van der Waals surface area contributed by atoms with Crippen molar-refractivity contribution in [3.8, 4) is 11.5 Å². The van der Waals surface area contributed by atoms with E-state index in [9.17, 15) is 0 Å². The van der Waals surface area contributed by atoms with Crippen LogP contribution in [0.1, 0.15) is 0 Å². The minimum absolute atomic E-state index is 0.107. The number of nitrogens with zero attached hydrogens (tertiary/aromatic N) is 1. The first-order chi connectivity index (χ1) is 10.3. The lowest BCUT2D eigenvalue weighted by Gasteiger charge is -2.19. The molecule has 3 rings (SSSR count). The summed E-state index contributed by atoms with van der Waals surface area (Å²) >= 11 is 6.14. The molecule has 112 valence electrons. The number of anilines is 1. The summed E-state index contributed by atoms with van der Waals surface area (Å²) < 4.78 is 16.2. The number of aromatic nitrogens is 1. The Balaban J connectivity index is 1.88. The molecule has 0 saturated heterocycles. The number of benzene rings is 1.